The summed E-state index contributed by atoms with van der Waals surface area (Å²) in [7, 11) is 1.55. The number of carbonyl (C=O) groups is 2. The number of ether oxygens (including phenoxy) is 1. The molecule has 2 heterocycles. The zero-order chi connectivity index (χ0) is 21.3. The summed E-state index contributed by atoms with van der Waals surface area (Å²) in [5.41, 5.74) is 1.41. The third kappa shape index (κ3) is 4.00. The Morgan fingerprint density at radius 2 is 1.90 bits per heavy atom. The van der Waals surface area contributed by atoms with Gasteiger partial charge in [0.2, 0.25) is 0 Å². The zero-order valence-corrected chi connectivity index (χ0v) is 16.9. The number of H-pyrrole nitrogens is 1. The number of rotatable bonds is 4. The molecule has 7 nitrogen and oxygen atoms in total. The third-order valence-electron chi connectivity index (χ3n) is 5.78. The van der Waals surface area contributed by atoms with Crippen molar-refractivity contribution in [2.45, 2.75) is 25.8 Å². The van der Waals surface area contributed by atoms with Crippen molar-refractivity contribution in [1.29, 1.82) is 0 Å². The number of aromatic amines is 1. The lowest BCUT2D eigenvalue weighted by Gasteiger charge is -2.35. The summed E-state index contributed by atoms with van der Waals surface area (Å²) in [4.78, 5) is 44.0. The number of nitrogens with one attached hydrogen (secondary N) is 1. The van der Waals surface area contributed by atoms with Crippen molar-refractivity contribution >= 4 is 11.7 Å². The number of aryl methyl sites for hydroxylation is 1. The highest BCUT2D eigenvalue weighted by Crippen LogP contribution is 2.22. The van der Waals surface area contributed by atoms with E-state index in [0.717, 1.165) is 5.56 Å². The smallest absolute Gasteiger partial charge is 0.261 e. The van der Waals surface area contributed by atoms with Crippen molar-refractivity contribution in [2.24, 2.45) is 0 Å². The van der Waals surface area contributed by atoms with Gasteiger partial charge in [0.15, 0.2) is 5.78 Å². The van der Waals surface area contributed by atoms with Crippen LogP contribution in [0.2, 0.25) is 0 Å². The van der Waals surface area contributed by atoms with Gasteiger partial charge in [-0.1, -0.05) is 0 Å². The zero-order valence-electron chi connectivity index (χ0n) is 16.9. The predicted molar refractivity (Wildman–Crippen MR) is 108 cm³/mol. The van der Waals surface area contributed by atoms with Gasteiger partial charge < -0.3 is 14.6 Å². The highest BCUT2D eigenvalue weighted by Gasteiger charge is 2.27. The fourth-order valence-corrected chi connectivity index (χ4v) is 4.12. The minimum absolute atomic E-state index is 0.0178. The summed E-state index contributed by atoms with van der Waals surface area (Å²) in [6, 6.07) is 5.88. The molecule has 1 aliphatic heterocycles. The van der Waals surface area contributed by atoms with Crippen molar-refractivity contribution in [3.05, 3.63) is 62.8 Å². The van der Waals surface area contributed by atoms with Gasteiger partial charge in [-0.2, -0.15) is 0 Å². The largest absolute Gasteiger partial charge is 0.496 e. The molecule has 0 unspecified atom stereocenters. The fourth-order valence-electron chi connectivity index (χ4n) is 4.12. The Hall–Kier alpha value is -3.00. The molecular weight excluding hydrogens is 389 g/mol. The van der Waals surface area contributed by atoms with Crippen molar-refractivity contribution in [2.75, 3.05) is 33.3 Å². The summed E-state index contributed by atoms with van der Waals surface area (Å²) in [6.45, 7) is 2.58. The molecule has 0 bridgehead atoms. The lowest BCUT2D eigenvalue weighted by Crippen LogP contribution is -2.49. The van der Waals surface area contributed by atoms with Gasteiger partial charge in [-0.25, -0.2) is 4.39 Å². The Morgan fingerprint density at radius 1 is 1.13 bits per heavy atom. The number of benzene rings is 1. The first-order chi connectivity index (χ1) is 14.5. The SMILES string of the molecule is COc1ccc(F)cc1CN1CCN(C(=O)c2cc3c([nH]c2=O)CCCC3=O)CC1. The lowest BCUT2D eigenvalue weighted by molar-refractivity contribution is 0.0625. The quantitative estimate of drug-likeness (QED) is 0.829. The van der Waals surface area contributed by atoms with Gasteiger partial charge in [-0.3, -0.25) is 19.3 Å². The number of pyridine rings is 1. The number of aromatic nitrogens is 1. The summed E-state index contributed by atoms with van der Waals surface area (Å²) in [5.74, 6) is -0.0863. The Kier molecular flexibility index (Phi) is 5.67. The predicted octanol–water partition coefficient (Wildman–Crippen LogP) is 2.00. The van der Waals surface area contributed by atoms with E-state index in [9.17, 15) is 18.8 Å². The van der Waals surface area contributed by atoms with E-state index in [-0.39, 0.29) is 23.1 Å². The average molecular weight is 413 g/mol. The van der Waals surface area contributed by atoms with E-state index in [4.69, 9.17) is 4.74 Å². The lowest BCUT2D eigenvalue weighted by atomic mass is 9.93. The highest BCUT2D eigenvalue weighted by atomic mass is 19.1. The number of carbonyl (C=O) groups excluding carboxylic acids is 2. The first-order valence-electron chi connectivity index (χ1n) is 10.1. The van der Waals surface area contributed by atoms with Crippen LogP contribution in [0.25, 0.3) is 0 Å². The first-order valence-corrected chi connectivity index (χ1v) is 10.1. The summed E-state index contributed by atoms with van der Waals surface area (Å²) < 4.78 is 18.9. The molecule has 0 saturated carbocycles. The molecule has 0 atom stereocenters. The van der Waals surface area contributed by atoms with Crippen LogP contribution in [0.1, 0.15) is 44.8 Å². The molecule has 2 aliphatic rings. The van der Waals surface area contributed by atoms with Gasteiger partial charge in [-0.15, -0.1) is 0 Å². The summed E-state index contributed by atoms with van der Waals surface area (Å²) in [5, 5.41) is 0. The number of amides is 1. The molecule has 1 amide bonds. The van der Waals surface area contributed by atoms with E-state index in [2.05, 4.69) is 9.88 Å². The van der Waals surface area contributed by atoms with Crippen LogP contribution in [-0.2, 0) is 13.0 Å². The van der Waals surface area contributed by atoms with Crippen LogP contribution in [0.3, 0.4) is 0 Å². The maximum atomic E-state index is 13.6. The Morgan fingerprint density at radius 3 is 2.63 bits per heavy atom. The standard InChI is InChI=1S/C22H24FN3O4/c1-30-20-6-5-15(23)11-14(20)13-25-7-9-26(10-8-25)22(29)17-12-16-18(24-21(17)28)3-2-4-19(16)27/h5-6,11-12H,2-4,7-10,13H2,1H3,(H,24,28). The normalized spacial score (nSPS) is 17.0. The third-order valence-corrected chi connectivity index (χ3v) is 5.78. The average Bonchev–Trinajstić information content (AvgIpc) is 2.74. The number of ketones is 1. The second-order valence-electron chi connectivity index (χ2n) is 7.71. The van der Waals surface area contributed by atoms with E-state index in [0.29, 0.717) is 69.0 Å². The molecule has 8 heteroatoms. The second-order valence-corrected chi connectivity index (χ2v) is 7.71. The number of halogens is 1. The maximum absolute atomic E-state index is 13.6. The molecule has 1 aromatic carbocycles. The van der Waals surface area contributed by atoms with Gasteiger partial charge >= 0.3 is 0 Å². The fraction of sp³-hybridized carbons (Fsp3) is 0.409. The number of methoxy groups -OCH3 is 1. The number of fused-ring (bicyclic) bond motifs is 1. The number of hydrogen-bond donors (Lipinski definition) is 1. The van der Waals surface area contributed by atoms with Gasteiger partial charge in [0.05, 0.1) is 7.11 Å². The monoisotopic (exact) mass is 413 g/mol. The molecule has 30 heavy (non-hydrogen) atoms. The van der Waals surface area contributed by atoms with Crippen LogP contribution < -0.4 is 10.3 Å². The minimum atomic E-state index is -0.444. The van der Waals surface area contributed by atoms with Gasteiger partial charge in [0.25, 0.3) is 11.5 Å². The molecule has 1 saturated heterocycles. The molecular formula is C22H24FN3O4. The summed E-state index contributed by atoms with van der Waals surface area (Å²) >= 11 is 0. The molecule has 0 radical (unpaired) electrons. The van der Waals surface area contributed by atoms with Crippen LogP contribution in [-0.4, -0.2) is 59.8 Å². The number of Topliss-reactive ketones (excluding diaryl/α,β-unsaturated/α-hetero) is 1. The van der Waals surface area contributed by atoms with Crippen molar-refractivity contribution in [1.82, 2.24) is 14.8 Å². The van der Waals surface area contributed by atoms with Crippen molar-refractivity contribution in [3.63, 3.8) is 0 Å². The highest BCUT2D eigenvalue weighted by molar-refractivity contribution is 6.01. The first kappa shape index (κ1) is 20.3. The van der Waals surface area contributed by atoms with Gasteiger partial charge in [0, 0.05) is 56.0 Å². The number of piperazine rings is 1. The van der Waals surface area contributed by atoms with Crippen LogP contribution in [0, 0.1) is 5.82 Å². The number of hydrogen-bond acceptors (Lipinski definition) is 5. The van der Waals surface area contributed by atoms with Crippen LogP contribution in [0.15, 0.2) is 29.1 Å². The van der Waals surface area contributed by atoms with Crippen molar-refractivity contribution in [3.8, 4) is 5.75 Å². The topological polar surface area (TPSA) is 82.7 Å². The Balaban J connectivity index is 1.44. The number of nitrogens with zero attached hydrogens (tertiary/aromatic N) is 2. The summed E-state index contributed by atoms with van der Waals surface area (Å²) in [6.07, 6.45) is 1.80. The molecule has 0 spiro atoms. The maximum Gasteiger partial charge on any atom is 0.261 e. The van der Waals surface area contributed by atoms with Gasteiger partial charge in [-0.05, 0) is 37.1 Å². The molecule has 158 valence electrons. The van der Waals surface area contributed by atoms with E-state index in [1.165, 1.54) is 18.2 Å². The molecule has 2 aromatic rings. The van der Waals surface area contributed by atoms with Crippen LogP contribution in [0.4, 0.5) is 4.39 Å². The van der Waals surface area contributed by atoms with E-state index < -0.39 is 5.56 Å². The second kappa shape index (κ2) is 8.39. The Bertz CT molecular complexity index is 1040. The van der Waals surface area contributed by atoms with Crippen molar-refractivity contribution < 1.29 is 18.7 Å². The molecule has 1 fully saturated rings. The van der Waals surface area contributed by atoms with Crippen LogP contribution in [0.5, 0.6) is 5.75 Å². The minimum Gasteiger partial charge on any atom is -0.496 e. The molecule has 1 aliphatic carbocycles. The molecule has 1 aromatic heterocycles. The molecule has 1 N–H and O–H groups in total. The van der Waals surface area contributed by atoms with Gasteiger partial charge in [0.1, 0.15) is 17.1 Å². The van der Waals surface area contributed by atoms with E-state index in [1.54, 1.807) is 18.1 Å². The van der Waals surface area contributed by atoms with Crippen LogP contribution >= 0.6 is 0 Å². The molecule has 4 rings (SSSR count). The Labute approximate surface area is 173 Å². The van der Waals surface area contributed by atoms with E-state index >= 15 is 0 Å². The van der Waals surface area contributed by atoms with E-state index in [1.807, 2.05) is 0 Å².